The SMILES string of the molecule is CC1(C)CC=C(n2cc(C(=O)O)c(N(C(=O)[C@H]3CC[C@H](C)CC3)C3CCOC3)n2)CC1. The summed E-state index contributed by atoms with van der Waals surface area (Å²) in [5, 5.41) is 14.6. The van der Waals surface area contributed by atoms with Gasteiger partial charge in [0.15, 0.2) is 5.82 Å². The van der Waals surface area contributed by atoms with Crippen LogP contribution in [0.1, 0.15) is 82.5 Å². The van der Waals surface area contributed by atoms with Gasteiger partial charge in [-0.3, -0.25) is 9.69 Å². The van der Waals surface area contributed by atoms with Crippen molar-refractivity contribution in [3.63, 3.8) is 0 Å². The summed E-state index contributed by atoms with van der Waals surface area (Å²) < 4.78 is 7.26. The molecule has 1 aromatic rings. The van der Waals surface area contributed by atoms with Crippen LogP contribution in [0.2, 0.25) is 0 Å². The van der Waals surface area contributed by atoms with Gasteiger partial charge >= 0.3 is 5.97 Å². The number of anilines is 1. The van der Waals surface area contributed by atoms with Gasteiger partial charge in [0.25, 0.3) is 0 Å². The first kappa shape index (κ1) is 22.1. The molecule has 1 unspecified atom stereocenters. The van der Waals surface area contributed by atoms with Crippen LogP contribution in [0.4, 0.5) is 5.82 Å². The van der Waals surface area contributed by atoms with Crippen LogP contribution in [-0.4, -0.2) is 46.0 Å². The lowest BCUT2D eigenvalue weighted by molar-refractivity contribution is -0.124. The topological polar surface area (TPSA) is 84.7 Å². The van der Waals surface area contributed by atoms with Crippen LogP contribution in [0.5, 0.6) is 0 Å². The fourth-order valence-corrected chi connectivity index (χ4v) is 5.00. The molecule has 0 aromatic carbocycles. The normalized spacial score (nSPS) is 28.2. The highest BCUT2D eigenvalue weighted by atomic mass is 16.5. The Hall–Kier alpha value is -2.15. The second kappa shape index (κ2) is 8.77. The van der Waals surface area contributed by atoms with E-state index in [1.807, 2.05) is 0 Å². The van der Waals surface area contributed by atoms with Crippen LogP contribution in [-0.2, 0) is 9.53 Å². The number of aromatic nitrogens is 2. The number of aromatic carboxylic acids is 1. The van der Waals surface area contributed by atoms with Crippen LogP contribution < -0.4 is 4.90 Å². The molecule has 3 aliphatic rings. The molecule has 31 heavy (non-hydrogen) atoms. The van der Waals surface area contributed by atoms with E-state index in [2.05, 4.69) is 26.8 Å². The number of carbonyl (C=O) groups is 2. The zero-order chi connectivity index (χ0) is 22.2. The first-order chi connectivity index (χ1) is 14.7. The van der Waals surface area contributed by atoms with Crippen LogP contribution in [0, 0.1) is 17.3 Å². The van der Waals surface area contributed by atoms with Crippen molar-refractivity contribution in [3.05, 3.63) is 17.8 Å². The van der Waals surface area contributed by atoms with Gasteiger partial charge < -0.3 is 9.84 Å². The Morgan fingerprint density at radius 1 is 1.23 bits per heavy atom. The fraction of sp³-hybridized carbons (Fsp3) is 0.708. The fourth-order valence-electron chi connectivity index (χ4n) is 5.00. The van der Waals surface area contributed by atoms with Gasteiger partial charge in [-0.1, -0.05) is 26.8 Å². The van der Waals surface area contributed by atoms with Gasteiger partial charge in [-0.15, -0.1) is 5.10 Å². The number of amides is 1. The Bertz CT molecular complexity index is 858. The summed E-state index contributed by atoms with van der Waals surface area (Å²) in [5.74, 6) is -0.194. The third-order valence-electron chi connectivity index (χ3n) is 7.27. The molecule has 1 aromatic heterocycles. The van der Waals surface area contributed by atoms with Crippen molar-refractivity contribution >= 4 is 23.4 Å². The van der Waals surface area contributed by atoms with Crippen molar-refractivity contribution in [3.8, 4) is 0 Å². The van der Waals surface area contributed by atoms with Crippen LogP contribution in [0.3, 0.4) is 0 Å². The smallest absolute Gasteiger partial charge is 0.341 e. The molecule has 2 heterocycles. The monoisotopic (exact) mass is 429 g/mol. The average molecular weight is 430 g/mol. The summed E-state index contributed by atoms with van der Waals surface area (Å²) in [6.45, 7) is 7.72. The van der Waals surface area contributed by atoms with E-state index < -0.39 is 5.97 Å². The van der Waals surface area contributed by atoms with Gasteiger partial charge in [-0.2, -0.15) is 0 Å². The van der Waals surface area contributed by atoms with E-state index in [1.54, 1.807) is 15.8 Å². The Morgan fingerprint density at radius 3 is 2.55 bits per heavy atom. The highest BCUT2D eigenvalue weighted by Crippen LogP contribution is 2.37. The quantitative estimate of drug-likeness (QED) is 0.740. The van der Waals surface area contributed by atoms with Crippen molar-refractivity contribution in [1.29, 1.82) is 0 Å². The van der Waals surface area contributed by atoms with Gasteiger partial charge in [-0.25, -0.2) is 9.48 Å². The summed E-state index contributed by atoms with van der Waals surface area (Å²) in [6, 6.07) is -0.160. The molecule has 1 saturated carbocycles. The molecule has 0 bridgehead atoms. The molecule has 1 saturated heterocycles. The predicted octanol–water partition coefficient (Wildman–Crippen LogP) is 4.58. The Kier molecular flexibility index (Phi) is 6.24. The number of carboxylic acid groups (broad SMARTS) is 1. The minimum absolute atomic E-state index is 0.00825. The maximum atomic E-state index is 13.7. The average Bonchev–Trinajstić information content (AvgIpc) is 3.40. The summed E-state index contributed by atoms with van der Waals surface area (Å²) in [4.78, 5) is 27.5. The minimum atomic E-state index is -1.05. The minimum Gasteiger partial charge on any atom is -0.477 e. The number of carboxylic acids is 1. The highest BCUT2D eigenvalue weighted by Gasteiger charge is 2.38. The lowest BCUT2D eigenvalue weighted by Crippen LogP contribution is -2.46. The van der Waals surface area contributed by atoms with E-state index in [0.29, 0.717) is 25.6 Å². The number of carbonyl (C=O) groups excluding carboxylic acids is 1. The lowest BCUT2D eigenvalue weighted by atomic mass is 9.80. The standard InChI is InChI=1S/C24H35N3O4/c1-16-4-6-17(7-5-16)22(28)27(19-10-13-31-15-19)21-20(23(29)30)14-26(25-21)18-8-11-24(2,3)12-9-18/h8,14,16-17,19H,4-7,9-13,15H2,1-3H3,(H,29,30)/t16-,17-,19?. The Balaban J connectivity index is 1.69. The van der Waals surface area contributed by atoms with E-state index in [1.165, 1.54) is 0 Å². The molecule has 1 atom stereocenters. The number of rotatable bonds is 5. The van der Waals surface area contributed by atoms with E-state index in [0.717, 1.165) is 50.6 Å². The summed E-state index contributed by atoms with van der Waals surface area (Å²) in [7, 11) is 0. The molecular formula is C24H35N3O4. The highest BCUT2D eigenvalue weighted by molar-refractivity contribution is 6.02. The first-order valence-corrected chi connectivity index (χ1v) is 11.7. The number of nitrogens with zero attached hydrogens (tertiary/aromatic N) is 3. The van der Waals surface area contributed by atoms with Crippen molar-refractivity contribution in [2.24, 2.45) is 17.3 Å². The van der Waals surface area contributed by atoms with Crippen LogP contribution in [0.25, 0.3) is 5.70 Å². The van der Waals surface area contributed by atoms with Crippen molar-refractivity contribution < 1.29 is 19.4 Å². The molecule has 7 nitrogen and oxygen atoms in total. The van der Waals surface area contributed by atoms with Crippen molar-refractivity contribution in [2.75, 3.05) is 18.1 Å². The van der Waals surface area contributed by atoms with Crippen LogP contribution in [0.15, 0.2) is 12.3 Å². The van der Waals surface area contributed by atoms with Crippen molar-refractivity contribution in [1.82, 2.24) is 9.78 Å². The van der Waals surface area contributed by atoms with Gasteiger partial charge in [-0.05, 0) is 62.7 Å². The second-order valence-corrected chi connectivity index (χ2v) is 10.4. The summed E-state index contributed by atoms with van der Waals surface area (Å²) in [5.41, 5.74) is 1.35. The lowest BCUT2D eigenvalue weighted by Gasteiger charge is -2.33. The Labute approximate surface area is 184 Å². The number of allylic oxidation sites excluding steroid dienone is 2. The predicted molar refractivity (Wildman–Crippen MR) is 119 cm³/mol. The molecule has 1 aliphatic heterocycles. The number of hydrogen-bond donors (Lipinski definition) is 1. The number of hydrogen-bond acceptors (Lipinski definition) is 4. The third-order valence-corrected chi connectivity index (χ3v) is 7.27. The summed E-state index contributed by atoms with van der Waals surface area (Å²) >= 11 is 0. The van der Waals surface area contributed by atoms with Crippen molar-refractivity contribution in [2.45, 2.75) is 78.2 Å². The first-order valence-electron chi connectivity index (χ1n) is 11.7. The molecule has 0 spiro atoms. The van der Waals surface area contributed by atoms with Gasteiger partial charge in [0.1, 0.15) is 5.56 Å². The molecule has 0 radical (unpaired) electrons. The zero-order valence-corrected chi connectivity index (χ0v) is 19.0. The van der Waals surface area contributed by atoms with Gasteiger partial charge in [0.05, 0.1) is 12.6 Å². The second-order valence-electron chi connectivity index (χ2n) is 10.4. The molecule has 1 amide bonds. The maximum Gasteiger partial charge on any atom is 0.341 e. The molecular weight excluding hydrogens is 394 g/mol. The van der Waals surface area contributed by atoms with E-state index in [4.69, 9.17) is 9.84 Å². The zero-order valence-electron chi connectivity index (χ0n) is 19.0. The Morgan fingerprint density at radius 2 is 1.97 bits per heavy atom. The number of ether oxygens (including phenoxy) is 1. The molecule has 1 N–H and O–H groups in total. The van der Waals surface area contributed by atoms with Crippen LogP contribution >= 0.6 is 0 Å². The summed E-state index contributed by atoms with van der Waals surface area (Å²) in [6.07, 6.45) is 11.0. The van der Waals surface area contributed by atoms with Gasteiger partial charge in [0.2, 0.25) is 5.91 Å². The third kappa shape index (κ3) is 4.71. The molecule has 2 aliphatic carbocycles. The molecule has 170 valence electrons. The van der Waals surface area contributed by atoms with E-state index in [9.17, 15) is 14.7 Å². The largest absolute Gasteiger partial charge is 0.477 e. The molecule has 2 fully saturated rings. The molecule has 4 rings (SSSR count). The molecule has 7 heteroatoms. The maximum absolute atomic E-state index is 13.7. The van der Waals surface area contributed by atoms with E-state index >= 15 is 0 Å². The van der Waals surface area contributed by atoms with E-state index in [-0.39, 0.29) is 34.7 Å². The van der Waals surface area contributed by atoms with Gasteiger partial charge in [0, 0.05) is 24.4 Å².